The lowest BCUT2D eigenvalue weighted by atomic mass is 9.89. The minimum Gasteiger partial charge on any atom is -0.506 e. The Hall–Kier alpha value is -3.50. The Bertz CT molecular complexity index is 1190. The first-order valence-corrected chi connectivity index (χ1v) is 14.4. The standard InChI is InChI=1S/C31H46N4O6/c1-18-9-10-25(36)21(4)16-22(5)29(41-31(32)40)19(2)7-6-8-20(3)30(39)34-24-17-26(37)27(23(15-18)28(24)38)33-11-12-35-13-14-35/h6-8,16-19,21,25,29,33,36-38H,9-15H2,1-5H3,(H2,32,40)(H,34,39). The third-order valence-corrected chi connectivity index (χ3v) is 7.83. The van der Waals surface area contributed by atoms with E-state index in [9.17, 15) is 24.9 Å². The Balaban J connectivity index is 1.97. The van der Waals surface area contributed by atoms with Crippen LogP contribution >= 0.6 is 0 Å². The van der Waals surface area contributed by atoms with Gasteiger partial charge in [-0.05, 0) is 44.6 Å². The summed E-state index contributed by atoms with van der Waals surface area (Å²) in [7, 11) is 0. The van der Waals surface area contributed by atoms with E-state index in [1.54, 1.807) is 25.2 Å². The quantitative estimate of drug-likeness (QED) is 0.133. The van der Waals surface area contributed by atoms with Gasteiger partial charge in [-0.1, -0.05) is 45.1 Å². The molecule has 5 atom stereocenters. The largest absolute Gasteiger partial charge is 0.506 e. The molecule has 0 aromatic heterocycles. The first kappa shape index (κ1) is 32.0. The number of hydrogen-bond donors (Lipinski definition) is 6. The van der Waals surface area contributed by atoms with E-state index in [0.717, 1.165) is 25.2 Å². The molecule has 1 saturated heterocycles. The molecule has 10 heteroatoms. The van der Waals surface area contributed by atoms with Gasteiger partial charge in [0.25, 0.3) is 5.91 Å². The summed E-state index contributed by atoms with van der Waals surface area (Å²) in [6, 6.07) is 1.36. The fraction of sp³-hybridized carbons (Fsp3) is 0.548. The van der Waals surface area contributed by atoms with E-state index in [1.165, 1.54) is 6.07 Å². The van der Waals surface area contributed by atoms with Crippen molar-refractivity contribution in [3.8, 4) is 11.5 Å². The zero-order valence-electron chi connectivity index (χ0n) is 24.8. The fourth-order valence-electron chi connectivity index (χ4n) is 5.14. The number of aromatic hydroxyl groups is 2. The molecule has 2 heterocycles. The van der Waals surface area contributed by atoms with E-state index in [2.05, 4.69) is 15.5 Å². The number of allylic oxidation sites excluding steroid dienone is 2. The number of amides is 2. The monoisotopic (exact) mass is 570 g/mol. The summed E-state index contributed by atoms with van der Waals surface area (Å²) >= 11 is 0. The molecule has 7 N–H and O–H groups in total. The second-order valence-electron chi connectivity index (χ2n) is 11.5. The highest BCUT2D eigenvalue weighted by Crippen LogP contribution is 2.42. The van der Waals surface area contributed by atoms with Gasteiger partial charge in [-0.2, -0.15) is 0 Å². The highest BCUT2D eigenvalue weighted by molar-refractivity contribution is 6.04. The molecule has 2 amide bonds. The molecule has 0 spiro atoms. The van der Waals surface area contributed by atoms with Crippen molar-refractivity contribution < 1.29 is 29.6 Å². The number of nitrogens with one attached hydrogen (secondary N) is 2. The van der Waals surface area contributed by atoms with Crippen molar-refractivity contribution in [1.29, 1.82) is 0 Å². The number of anilines is 2. The van der Waals surface area contributed by atoms with Crippen molar-refractivity contribution in [2.24, 2.45) is 23.5 Å². The van der Waals surface area contributed by atoms with Crippen LogP contribution < -0.4 is 16.4 Å². The molecule has 1 aromatic rings. The second kappa shape index (κ2) is 14.4. The van der Waals surface area contributed by atoms with Gasteiger partial charge in [0, 0.05) is 55.2 Å². The molecule has 2 aliphatic heterocycles. The van der Waals surface area contributed by atoms with Crippen LogP contribution in [0.3, 0.4) is 0 Å². The summed E-state index contributed by atoms with van der Waals surface area (Å²) < 4.78 is 5.41. The van der Waals surface area contributed by atoms with Gasteiger partial charge in [0.1, 0.15) is 17.6 Å². The van der Waals surface area contributed by atoms with E-state index in [0.29, 0.717) is 42.6 Å². The zero-order chi connectivity index (χ0) is 30.3. The minimum atomic E-state index is -0.891. The number of phenols is 2. The number of nitrogens with zero attached hydrogens (tertiary/aromatic N) is 1. The average molecular weight is 571 g/mol. The number of rotatable bonds is 5. The smallest absolute Gasteiger partial charge is 0.405 e. The summed E-state index contributed by atoms with van der Waals surface area (Å²) in [5, 5.41) is 39.1. The van der Waals surface area contributed by atoms with Crippen LogP contribution in [0, 0.1) is 17.8 Å². The van der Waals surface area contributed by atoms with Crippen LogP contribution in [0.5, 0.6) is 11.5 Å². The number of primary amides is 1. The Labute approximate surface area is 242 Å². The van der Waals surface area contributed by atoms with Crippen molar-refractivity contribution in [3.05, 3.63) is 47.1 Å². The van der Waals surface area contributed by atoms with E-state index in [4.69, 9.17) is 10.5 Å². The van der Waals surface area contributed by atoms with Gasteiger partial charge in [0.2, 0.25) is 0 Å². The Morgan fingerprint density at radius 1 is 1.17 bits per heavy atom. The number of nitrogens with two attached hydrogens (primary N) is 1. The maximum absolute atomic E-state index is 13.0. The Kier molecular flexibility index (Phi) is 11.3. The molecule has 0 saturated carbocycles. The molecule has 5 unspecified atom stereocenters. The number of ether oxygens (including phenoxy) is 1. The molecule has 0 radical (unpaired) electrons. The maximum atomic E-state index is 13.0. The number of carbonyl (C=O) groups excluding carboxylic acids is 2. The molecular formula is C31H46N4O6. The topological polar surface area (TPSA) is 157 Å². The van der Waals surface area contributed by atoms with Crippen molar-refractivity contribution in [2.45, 2.75) is 66.1 Å². The third kappa shape index (κ3) is 9.26. The van der Waals surface area contributed by atoms with Crippen LogP contribution in [0.1, 0.15) is 53.0 Å². The van der Waals surface area contributed by atoms with Crippen molar-refractivity contribution in [3.63, 3.8) is 0 Å². The van der Waals surface area contributed by atoms with Crippen LogP contribution in [0.4, 0.5) is 16.2 Å². The molecule has 2 bridgehead atoms. The van der Waals surface area contributed by atoms with Gasteiger partial charge in [-0.15, -0.1) is 0 Å². The van der Waals surface area contributed by atoms with Crippen LogP contribution in [0.25, 0.3) is 0 Å². The van der Waals surface area contributed by atoms with Gasteiger partial charge in [-0.3, -0.25) is 9.69 Å². The lowest BCUT2D eigenvalue weighted by molar-refractivity contribution is -0.112. The number of fused-ring (bicyclic) bond motifs is 2. The molecule has 3 rings (SSSR count). The lowest BCUT2D eigenvalue weighted by Crippen LogP contribution is -2.29. The summed E-state index contributed by atoms with van der Waals surface area (Å²) in [6.45, 7) is 12.8. The highest BCUT2D eigenvalue weighted by atomic mass is 16.6. The number of phenolic OH excluding ortho intramolecular Hbond substituents is 2. The third-order valence-electron chi connectivity index (χ3n) is 7.83. The summed E-state index contributed by atoms with van der Waals surface area (Å²) in [6.07, 6.45) is 6.45. The van der Waals surface area contributed by atoms with Crippen LogP contribution in [0.15, 0.2) is 41.5 Å². The molecule has 1 aromatic carbocycles. The SMILES string of the molecule is CC1=CC=CC(C)C(OC(N)=O)C(C)=CC(C)C(O)CCC(C)Cc2c(O)c(cc(O)c2NCCN2CC2)NC1=O. The van der Waals surface area contributed by atoms with Crippen LogP contribution in [-0.2, 0) is 16.0 Å². The summed E-state index contributed by atoms with van der Waals surface area (Å²) in [5.74, 6) is -1.01. The van der Waals surface area contributed by atoms with Crippen molar-refractivity contribution in [1.82, 2.24) is 4.90 Å². The van der Waals surface area contributed by atoms with Crippen molar-refractivity contribution in [2.75, 3.05) is 36.8 Å². The maximum Gasteiger partial charge on any atom is 0.405 e. The van der Waals surface area contributed by atoms with E-state index >= 15 is 0 Å². The zero-order valence-corrected chi connectivity index (χ0v) is 24.8. The van der Waals surface area contributed by atoms with Crippen LogP contribution in [-0.4, -0.2) is 70.6 Å². The second-order valence-corrected chi connectivity index (χ2v) is 11.5. The number of hydrogen-bond acceptors (Lipinski definition) is 8. The van der Waals surface area contributed by atoms with E-state index in [-0.39, 0.29) is 34.9 Å². The highest BCUT2D eigenvalue weighted by Gasteiger charge is 2.25. The van der Waals surface area contributed by atoms with Gasteiger partial charge >= 0.3 is 6.09 Å². The Morgan fingerprint density at radius 2 is 1.88 bits per heavy atom. The van der Waals surface area contributed by atoms with Crippen molar-refractivity contribution >= 4 is 23.4 Å². The van der Waals surface area contributed by atoms with E-state index < -0.39 is 24.2 Å². The van der Waals surface area contributed by atoms with Gasteiger partial charge in [0.05, 0.1) is 17.5 Å². The van der Waals surface area contributed by atoms with Gasteiger partial charge < -0.3 is 36.4 Å². The molecular weight excluding hydrogens is 524 g/mol. The average Bonchev–Trinajstić information content (AvgIpc) is 3.73. The molecule has 2 aliphatic rings. The Morgan fingerprint density at radius 3 is 2.54 bits per heavy atom. The number of carbonyl (C=O) groups is 2. The summed E-state index contributed by atoms with van der Waals surface area (Å²) in [5.41, 5.74) is 7.59. The normalized spacial score (nSPS) is 26.5. The first-order chi connectivity index (χ1) is 19.4. The number of benzene rings is 1. The number of aliphatic hydroxyl groups is 1. The molecule has 1 fully saturated rings. The van der Waals surface area contributed by atoms with Crippen LogP contribution in [0.2, 0.25) is 0 Å². The number of aliphatic hydroxyl groups excluding tert-OH is 1. The predicted molar refractivity (Wildman–Crippen MR) is 161 cm³/mol. The molecule has 10 nitrogen and oxygen atoms in total. The summed E-state index contributed by atoms with van der Waals surface area (Å²) in [4.78, 5) is 26.9. The van der Waals surface area contributed by atoms with Gasteiger partial charge in [-0.25, -0.2) is 4.79 Å². The molecule has 0 aliphatic carbocycles. The van der Waals surface area contributed by atoms with E-state index in [1.807, 2.05) is 33.8 Å². The minimum absolute atomic E-state index is 0.0461. The predicted octanol–water partition coefficient (Wildman–Crippen LogP) is 4.28. The first-order valence-electron chi connectivity index (χ1n) is 14.4. The molecule has 41 heavy (non-hydrogen) atoms. The van der Waals surface area contributed by atoms with Gasteiger partial charge in [0.15, 0.2) is 0 Å². The lowest BCUT2D eigenvalue weighted by Gasteiger charge is -2.25. The molecule has 226 valence electrons. The fourth-order valence-corrected chi connectivity index (χ4v) is 5.14.